The van der Waals surface area contributed by atoms with Gasteiger partial charge < -0.3 is 10.1 Å². The number of ketones is 1. The number of nitro groups is 1. The van der Waals surface area contributed by atoms with Crippen molar-refractivity contribution in [2.24, 2.45) is 0 Å². The molecule has 0 radical (unpaired) electrons. The molecule has 19 heavy (non-hydrogen) atoms. The highest BCUT2D eigenvalue weighted by Crippen LogP contribution is 2.07. The third-order valence-electron chi connectivity index (χ3n) is 2.47. The van der Waals surface area contributed by atoms with E-state index in [1.807, 2.05) is 0 Å². The number of Topliss-reactive ketones (excluding diaryl/α,β-unsaturated/α-hetero) is 1. The van der Waals surface area contributed by atoms with E-state index in [0.29, 0.717) is 5.56 Å². The summed E-state index contributed by atoms with van der Waals surface area (Å²) in [5.41, 5.74) is 0.688. The van der Waals surface area contributed by atoms with E-state index in [9.17, 15) is 19.3 Å². The van der Waals surface area contributed by atoms with E-state index >= 15 is 0 Å². The molecule has 0 saturated heterocycles. The maximum absolute atomic E-state index is 12.7. The van der Waals surface area contributed by atoms with Crippen molar-refractivity contribution in [1.82, 2.24) is 9.78 Å². The summed E-state index contributed by atoms with van der Waals surface area (Å²) >= 11 is 0. The van der Waals surface area contributed by atoms with E-state index in [0.717, 1.165) is 0 Å². The second kappa shape index (κ2) is 5.38. The number of hydrogen-bond donors (Lipinski definition) is 0. The van der Waals surface area contributed by atoms with Gasteiger partial charge in [0, 0.05) is 6.42 Å². The van der Waals surface area contributed by atoms with Crippen molar-refractivity contribution in [3.8, 4) is 0 Å². The molecular weight excluding hydrogens is 253 g/mol. The van der Waals surface area contributed by atoms with Crippen molar-refractivity contribution in [2.75, 3.05) is 0 Å². The normalized spacial score (nSPS) is 10.4. The molecule has 2 rings (SSSR count). The number of hydrogen-bond acceptors (Lipinski definition) is 4. The highest BCUT2D eigenvalue weighted by atomic mass is 19.1. The van der Waals surface area contributed by atoms with Crippen molar-refractivity contribution < 1.29 is 14.1 Å². The van der Waals surface area contributed by atoms with E-state index in [1.165, 1.54) is 41.2 Å². The number of halogens is 1. The summed E-state index contributed by atoms with van der Waals surface area (Å²) in [6, 6.07) is 6.84. The van der Waals surface area contributed by atoms with Crippen LogP contribution in [-0.2, 0) is 17.8 Å². The molecule has 6 nitrogen and oxygen atoms in total. The molecule has 0 saturated carbocycles. The van der Waals surface area contributed by atoms with Gasteiger partial charge in [0.1, 0.15) is 12.4 Å². The molecule has 0 fully saturated rings. The van der Waals surface area contributed by atoms with Crippen molar-refractivity contribution >= 4 is 11.6 Å². The van der Waals surface area contributed by atoms with E-state index in [-0.39, 0.29) is 30.4 Å². The van der Waals surface area contributed by atoms with Gasteiger partial charge >= 0.3 is 5.82 Å². The van der Waals surface area contributed by atoms with Gasteiger partial charge in [-0.15, -0.1) is 0 Å². The Morgan fingerprint density at radius 1 is 1.32 bits per heavy atom. The van der Waals surface area contributed by atoms with Gasteiger partial charge in [0.25, 0.3) is 0 Å². The second-order valence-electron chi connectivity index (χ2n) is 3.97. The summed E-state index contributed by atoms with van der Waals surface area (Å²) in [6.45, 7) is -0.0504. The Hall–Kier alpha value is -2.57. The van der Waals surface area contributed by atoms with Crippen LogP contribution in [0.15, 0.2) is 36.5 Å². The molecule has 98 valence electrons. The first-order valence-electron chi connectivity index (χ1n) is 5.48. The predicted octanol–water partition coefficient (Wildman–Crippen LogP) is 1.74. The Labute approximate surface area is 107 Å². The van der Waals surface area contributed by atoms with Gasteiger partial charge in [0.15, 0.2) is 5.78 Å². The van der Waals surface area contributed by atoms with Crippen LogP contribution in [0.2, 0.25) is 0 Å². The summed E-state index contributed by atoms with van der Waals surface area (Å²) in [5, 5.41) is 14.1. The van der Waals surface area contributed by atoms with Crippen molar-refractivity contribution in [1.29, 1.82) is 0 Å². The Morgan fingerprint density at radius 2 is 2.00 bits per heavy atom. The molecule has 0 amide bonds. The van der Waals surface area contributed by atoms with E-state index < -0.39 is 4.92 Å². The quantitative estimate of drug-likeness (QED) is 0.608. The molecule has 1 aromatic heterocycles. The lowest BCUT2D eigenvalue weighted by Gasteiger charge is -1.99. The van der Waals surface area contributed by atoms with Crippen LogP contribution >= 0.6 is 0 Å². The van der Waals surface area contributed by atoms with E-state index in [4.69, 9.17) is 0 Å². The van der Waals surface area contributed by atoms with E-state index in [1.54, 1.807) is 0 Å². The molecule has 0 unspecified atom stereocenters. The highest BCUT2D eigenvalue weighted by molar-refractivity contribution is 5.80. The molecular formula is C12H10FN3O3. The van der Waals surface area contributed by atoms with E-state index in [2.05, 4.69) is 5.10 Å². The number of rotatable bonds is 5. The summed E-state index contributed by atoms with van der Waals surface area (Å²) in [6.07, 6.45) is 1.51. The SMILES string of the molecule is O=C(Cc1ccc(F)cc1)Cn1ccc([N+](=O)[O-])n1. The summed E-state index contributed by atoms with van der Waals surface area (Å²) in [5.74, 6) is -0.821. The maximum atomic E-state index is 12.7. The standard InChI is InChI=1S/C12H10FN3O3/c13-10-3-1-9(2-4-10)7-11(17)8-15-6-5-12(14-15)16(18)19/h1-6H,7-8H2. The summed E-state index contributed by atoms with van der Waals surface area (Å²) < 4.78 is 13.9. The molecule has 0 N–H and O–H groups in total. The van der Waals surface area contributed by atoms with Gasteiger partial charge in [0.2, 0.25) is 0 Å². The number of carbonyl (C=O) groups excluding carboxylic acids is 1. The fraction of sp³-hybridized carbons (Fsp3) is 0.167. The van der Waals surface area contributed by atoms with Crippen molar-refractivity contribution in [3.63, 3.8) is 0 Å². The molecule has 0 aliphatic carbocycles. The van der Waals surface area contributed by atoms with Crippen LogP contribution in [0.25, 0.3) is 0 Å². The summed E-state index contributed by atoms with van der Waals surface area (Å²) in [7, 11) is 0. The van der Waals surface area contributed by atoms with Crippen LogP contribution in [0.1, 0.15) is 5.56 Å². The second-order valence-corrected chi connectivity index (χ2v) is 3.97. The number of nitrogens with zero attached hydrogens (tertiary/aromatic N) is 3. The zero-order chi connectivity index (χ0) is 13.8. The maximum Gasteiger partial charge on any atom is 0.389 e. The van der Waals surface area contributed by atoms with Gasteiger partial charge in [-0.3, -0.25) is 4.79 Å². The molecule has 7 heteroatoms. The van der Waals surface area contributed by atoms with Gasteiger partial charge in [-0.2, -0.15) is 4.68 Å². The molecule has 2 aromatic rings. The lowest BCUT2D eigenvalue weighted by atomic mass is 10.1. The number of carbonyl (C=O) groups is 1. The highest BCUT2D eigenvalue weighted by Gasteiger charge is 2.13. The van der Waals surface area contributed by atoms with Crippen molar-refractivity contribution in [2.45, 2.75) is 13.0 Å². The average Bonchev–Trinajstić information content (AvgIpc) is 2.80. The number of aromatic nitrogens is 2. The fourth-order valence-corrected chi connectivity index (χ4v) is 1.60. The zero-order valence-electron chi connectivity index (χ0n) is 9.82. The first-order valence-corrected chi connectivity index (χ1v) is 5.48. The van der Waals surface area contributed by atoms with Gasteiger partial charge in [0.05, 0.1) is 17.4 Å². The lowest BCUT2D eigenvalue weighted by Crippen LogP contribution is -2.13. The molecule has 0 spiro atoms. The molecule has 0 atom stereocenters. The summed E-state index contributed by atoms with van der Waals surface area (Å²) in [4.78, 5) is 21.5. The lowest BCUT2D eigenvalue weighted by molar-refractivity contribution is -0.389. The first-order chi connectivity index (χ1) is 9.04. The molecule has 1 aromatic carbocycles. The van der Waals surface area contributed by atoms with Crippen LogP contribution < -0.4 is 0 Å². The minimum Gasteiger partial charge on any atom is -0.358 e. The van der Waals surface area contributed by atoms with Crippen LogP contribution in [0.3, 0.4) is 0 Å². The van der Waals surface area contributed by atoms with Gasteiger partial charge in [-0.1, -0.05) is 12.1 Å². The minimum atomic E-state index is -0.624. The van der Waals surface area contributed by atoms with Crippen LogP contribution in [-0.4, -0.2) is 20.5 Å². The largest absolute Gasteiger partial charge is 0.389 e. The molecule has 0 aliphatic heterocycles. The average molecular weight is 263 g/mol. The minimum absolute atomic E-state index is 0.0504. The Kier molecular flexibility index (Phi) is 3.65. The van der Waals surface area contributed by atoms with Crippen LogP contribution in [0.4, 0.5) is 10.2 Å². The third kappa shape index (κ3) is 3.44. The molecule has 0 aliphatic rings. The van der Waals surface area contributed by atoms with Crippen LogP contribution in [0, 0.1) is 15.9 Å². The Morgan fingerprint density at radius 3 is 2.58 bits per heavy atom. The predicted molar refractivity (Wildman–Crippen MR) is 64.0 cm³/mol. The first kappa shape index (κ1) is 12.9. The third-order valence-corrected chi connectivity index (χ3v) is 2.47. The fourth-order valence-electron chi connectivity index (χ4n) is 1.60. The molecule has 0 bridgehead atoms. The Balaban J connectivity index is 1.97. The van der Waals surface area contributed by atoms with Crippen LogP contribution in [0.5, 0.6) is 0 Å². The van der Waals surface area contributed by atoms with Gasteiger partial charge in [-0.05, 0) is 22.6 Å². The Bertz CT molecular complexity index is 607. The van der Waals surface area contributed by atoms with Crippen molar-refractivity contribution in [3.05, 3.63) is 58.0 Å². The smallest absolute Gasteiger partial charge is 0.358 e. The monoisotopic (exact) mass is 263 g/mol. The topological polar surface area (TPSA) is 78.0 Å². The van der Waals surface area contributed by atoms with Gasteiger partial charge in [-0.25, -0.2) is 4.39 Å². The molecule has 1 heterocycles. The number of benzene rings is 1. The zero-order valence-corrected chi connectivity index (χ0v) is 9.82.